The van der Waals surface area contributed by atoms with Gasteiger partial charge in [-0.3, -0.25) is 0 Å². The molecule has 0 amide bonds. The third-order valence-corrected chi connectivity index (χ3v) is 23.1. The van der Waals surface area contributed by atoms with Gasteiger partial charge in [-0.05, 0) is 264 Å². The zero-order valence-corrected chi connectivity index (χ0v) is 62.5. The van der Waals surface area contributed by atoms with Gasteiger partial charge < -0.3 is 38.6 Å². The Morgan fingerprint density at radius 3 is 1.07 bits per heavy atom. The molecule has 4 aromatic carbocycles. The van der Waals surface area contributed by atoms with E-state index in [1.54, 1.807) is 0 Å². The van der Waals surface area contributed by atoms with Crippen molar-refractivity contribution in [1.29, 1.82) is 0 Å². The lowest BCUT2D eigenvalue weighted by Gasteiger charge is -2.49. The summed E-state index contributed by atoms with van der Waals surface area (Å²) < 4.78 is 40.4. The highest BCUT2D eigenvalue weighted by Gasteiger charge is 2.49. The molecule has 2 aliphatic heterocycles. The Labute approximate surface area is 582 Å². The molecule has 8 heteroatoms. The van der Waals surface area contributed by atoms with E-state index in [0.29, 0.717) is 73.4 Å². The molecule has 8 nitrogen and oxygen atoms in total. The Balaban J connectivity index is 0.000000225. The van der Waals surface area contributed by atoms with Crippen LogP contribution in [0.2, 0.25) is 0 Å². The van der Waals surface area contributed by atoms with Gasteiger partial charge in [-0.1, -0.05) is 153 Å². The SMILES string of the molecule is C=C(C)[C@@H]1CCC(C)=C[C@H]1c1c(O)cc(CCCCC)cc1OCCOc1cc(CCCCC)cc2c1[C@@H]1C[C@@H](C)CC[C@H]1C(C)(C)O2.C=C(C)[C@@H]1CCC(C)=C[C@H]1c1c(O)cc(CCCCC)cc1OCCOc1cc(CCCCC)cc2c1[C@@H]1C[C@H](C)CC[C@H]1C(C)(C)O2. The van der Waals surface area contributed by atoms with Crippen molar-refractivity contribution in [3.63, 3.8) is 0 Å². The molecule has 0 spiro atoms. The first-order valence-corrected chi connectivity index (χ1v) is 38.6. The summed E-state index contributed by atoms with van der Waals surface area (Å²) in [6.07, 6.45) is 34.2. The third-order valence-electron chi connectivity index (χ3n) is 23.1. The molecule has 0 bridgehead atoms. The summed E-state index contributed by atoms with van der Waals surface area (Å²) in [5.74, 6) is 10.2. The first-order chi connectivity index (χ1) is 46.0. The predicted molar refractivity (Wildman–Crippen MR) is 400 cm³/mol. The Morgan fingerprint density at radius 2 is 0.760 bits per heavy atom. The number of benzene rings is 4. The molecule has 2 fully saturated rings. The number of phenols is 2. The Bertz CT molecular complexity index is 3080. The van der Waals surface area contributed by atoms with Crippen LogP contribution in [-0.2, 0) is 25.7 Å². The van der Waals surface area contributed by atoms with Crippen LogP contribution in [0.15, 0.2) is 96.1 Å². The molecule has 96 heavy (non-hydrogen) atoms. The number of hydrogen-bond acceptors (Lipinski definition) is 8. The van der Waals surface area contributed by atoms with Crippen LogP contribution in [0.3, 0.4) is 0 Å². The Hall–Kier alpha value is -5.76. The minimum atomic E-state index is -0.186. The number of rotatable bonds is 30. The van der Waals surface area contributed by atoms with Crippen LogP contribution < -0.4 is 28.4 Å². The second kappa shape index (κ2) is 34.3. The van der Waals surface area contributed by atoms with E-state index in [0.717, 1.165) is 132 Å². The maximum absolute atomic E-state index is 11.5. The lowest BCUT2D eigenvalue weighted by molar-refractivity contribution is -0.0152. The molecule has 0 radical (unpaired) electrons. The second-order valence-electron chi connectivity index (χ2n) is 32.0. The maximum Gasteiger partial charge on any atom is 0.127 e. The van der Waals surface area contributed by atoms with Gasteiger partial charge in [-0.2, -0.15) is 0 Å². The van der Waals surface area contributed by atoms with Gasteiger partial charge in [-0.15, -0.1) is 0 Å². The number of fused-ring (bicyclic) bond motifs is 6. The highest BCUT2D eigenvalue weighted by Crippen LogP contribution is 2.58. The fourth-order valence-electron chi connectivity index (χ4n) is 17.8. The van der Waals surface area contributed by atoms with Crippen molar-refractivity contribution < 1.29 is 38.6 Å². The first-order valence-electron chi connectivity index (χ1n) is 38.6. The predicted octanol–water partition coefficient (Wildman–Crippen LogP) is 24.0. The number of allylic oxidation sites excluding steroid dienone is 6. The van der Waals surface area contributed by atoms with Crippen LogP contribution in [0.4, 0.5) is 0 Å². The molecule has 10 atom stereocenters. The molecule has 2 heterocycles. The van der Waals surface area contributed by atoms with Crippen molar-refractivity contribution in [3.05, 3.63) is 141 Å². The lowest BCUT2D eigenvalue weighted by Crippen LogP contribution is -2.46. The molecule has 4 aliphatic carbocycles. The summed E-state index contributed by atoms with van der Waals surface area (Å²) in [6.45, 7) is 41.9. The summed E-state index contributed by atoms with van der Waals surface area (Å²) in [5, 5.41) is 23.1. The van der Waals surface area contributed by atoms with Crippen LogP contribution in [0.5, 0.6) is 46.0 Å². The van der Waals surface area contributed by atoms with E-state index in [1.807, 2.05) is 12.1 Å². The fourth-order valence-corrected chi connectivity index (χ4v) is 17.8. The summed E-state index contributed by atoms with van der Waals surface area (Å²) in [5.41, 5.74) is 13.9. The topological polar surface area (TPSA) is 95.8 Å². The van der Waals surface area contributed by atoms with E-state index in [-0.39, 0.29) is 34.9 Å². The lowest BCUT2D eigenvalue weighted by atomic mass is 9.64. The largest absolute Gasteiger partial charge is 0.507 e. The average molecular weight is 1310 g/mol. The molecule has 0 unspecified atom stereocenters. The number of ether oxygens (including phenoxy) is 6. The molecular weight excluding hydrogens is 1180 g/mol. The van der Waals surface area contributed by atoms with Gasteiger partial charge in [0, 0.05) is 45.9 Å². The standard InChI is InChI=1S/2C44H64O4/c2*1-9-11-13-15-32-25-38(45)42(35-23-30(5)17-19-34(35)29(3)4)39(26-32)46-21-22-47-40-27-33(16-14-12-10-2)28-41-43(40)36-24-31(6)18-20-37(36)44(7,8)48-41/h2*23,25-28,31,34-37,45H,3,9-22,24H2,1-2,4-8H3/t31-,34+,35-,36-,37-;31-,34-,35+,36+,37+/m10/s1. The van der Waals surface area contributed by atoms with Crippen molar-refractivity contribution in [2.24, 2.45) is 35.5 Å². The molecular formula is C88H128O8. The Morgan fingerprint density at radius 1 is 0.448 bits per heavy atom. The number of aryl methyl sites for hydroxylation is 4. The van der Waals surface area contributed by atoms with Gasteiger partial charge >= 0.3 is 0 Å². The number of unbranched alkanes of at least 4 members (excludes halogenated alkanes) is 8. The van der Waals surface area contributed by atoms with Gasteiger partial charge in [0.05, 0.1) is 0 Å². The van der Waals surface area contributed by atoms with Crippen molar-refractivity contribution in [1.82, 2.24) is 0 Å². The highest BCUT2D eigenvalue weighted by atomic mass is 16.5. The third kappa shape index (κ3) is 18.6. The van der Waals surface area contributed by atoms with E-state index in [1.165, 1.54) is 136 Å². The molecule has 2 N–H and O–H groups in total. The molecule has 2 saturated carbocycles. The van der Waals surface area contributed by atoms with Crippen LogP contribution in [0, 0.1) is 35.5 Å². The number of aromatic hydroxyl groups is 2. The van der Waals surface area contributed by atoms with Crippen LogP contribution >= 0.6 is 0 Å². The van der Waals surface area contributed by atoms with E-state index >= 15 is 0 Å². The maximum atomic E-state index is 11.5. The zero-order chi connectivity index (χ0) is 68.8. The highest BCUT2D eigenvalue weighted by molar-refractivity contribution is 5.56. The number of hydrogen-bond donors (Lipinski definition) is 2. The fraction of sp³-hybridized carbons (Fsp3) is 0.636. The van der Waals surface area contributed by atoms with Gasteiger partial charge in [0.1, 0.15) is 83.6 Å². The van der Waals surface area contributed by atoms with Gasteiger partial charge in [0.2, 0.25) is 0 Å². The molecule has 10 rings (SSSR count). The van der Waals surface area contributed by atoms with Crippen LogP contribution in [-0.4, -0.2) is 47.8 Å². The summed E-state index contributed by atoms with van der Waals surface area (Å²) in [4.78, 5) is 0. The molecule has 6 aliphatic rings. The average Bonchev–Trinajstić information content (AvgIpc) is 0.752. The van der Waals surface area contributed by atoms with E-state index in [4.69, 9.17) is 28.4 Å². The zero-order valence-electron chi connectivity index (χ0n) is 62.5. The van der Waals surface area contributed by atoms with Gasteiger partial charge in [0.15, 0.2) is 0 Å². The van der Waals surface area contributed by atoms with E-state index in [2.05, 4.69) is 159 Å². The molecule has 0 aromatic heterocycles. The summed E-state index contributed by atoms with van der Waals surface area (Å²) >= 11 is 0. The second-order valence-corrected chi connectivity index (χ2v) is 32.0. The minimum Gasteiger partial charge on any atom is -0.507 e. The van der Waals surface area contributed by atoms with Gasteiger partial charge in [-0.25, -0.2) is 0 Å². The smallest absolute Gasteiger partial charge is 0.127 e. The quantitative estimate of drug-likeness (QED) is 0.0394. The minimum absolute atomic E-state index is 0.0504. The van der Waals surface area contributed by atoms with Crippen molar-refractivity contribution in [3.8, 4) is 46.0 Å². The van der Waals surface area contributed by atoms with Crippen molar-refractivity contribution in [2.45, 2.75) is 299 Å². The van der Waals surface area contributed by atoms with Crippen molar-refractivity contribution >= 4 is 0 Å². The molecule has 4 aromatic rings. The summed E-state index contributed by atoms with van der Waals surface area (Å²) in [7, 11) is 0. The first kappa shape index (κ1) is 74.5. The van der Waals surface area contributed by atoms with Crippen LogP contribution in [0.1, 0.15) is 306 Å². The van der Waals surface area contributed by atoms with Crippen molar-refractivity contribution in [2.75, 3.05) is 26.4 Å². The van der Waals surface area contributed by atoms with Crippen LogP contribution in [0.25, 0.3) is 0 Å². The summed E-state index contributed by atoms with van der Waals surface area (Å²) in [6, 6.07) is 17.5. The monoisotopic (exact) mass is 1310 g/mol. The molecule has 0 saturated heterocycles. The van der Waals surface area contributed by atoms with Gasteiger partial charge in [0.25, 0.3) is 0 Å². The van der Waals surface area contributed by atoms with E-state index in [9.17, 15) is 10.2 Å². The molecule has 528 valence electrons. The Kier molecular flexibility index (Phi) is 26.6. The van der Waals surface area contributed by atoms with E-state index < -0.39 is 0 Å². The normalized spacial score (nSPS) is 24.6. The number of phenolic OH excluding ortho intramolecular Hbond substituents is 2.